The molecule has 0 saturated heterocycles. The molecule has 9 heteroatoms. The summed E-state index contributed by atoms with van der Waals surface area (Å²) in [5.74, 6) is 2.01. The summed E-state index contributed by atoms with van der Waals surface area (Å²) in [6, 6.07) is 15.1. The van der Waals surface area contributed by atoms with Crippen LogP contribution in [-0.4, -0.2) is 43.1 Å². The highest BCUT2D eigenvalue weighted by Gasteiger charge is 2.17. The van der Waals surface area contributed by atoms with Crippen molar-refractivity contribution in [2.24, 2.45) is 0 Å². The van der Waals surface area contributed by atoms with Crippen LogP contribution in [0.4, 0.5) is 5.82 Å². The topological polar surface area (TPSA) is 122 Å². The quantitative estimate of drug-likeness (QED) is 0.159. The predicted molar refractivity (Wildman–Crippen MR) is 155 cm³/mol. The number of rotatable bonds is 10. The van der Waals surface area contributed by atoms with Gasteiger partial charge >= 0.3 is 0 Å². The molecule has 0 spiro atoms. The van der Waals surface area contributed by atoms with Crippen molar-refractivity contribution in [3.05, 3.63) is 87.8 Å². The number of hydrogen-bond acceptors (Lipinski definition) is 6. The number of benzene rings is 2. The number of nitrogens with two attached hydrogens (primary N) is 1. The number of carbonyl (C=O) groups excluding carboxylic acids is 1. The van der Waals surface area contributed by atoms with Gasteiger partial charge in [0.25, 0.3) is 0 Å². The number of carbonyl (C=O) groups is 1. The van der Waals surface area contributed by atoms with Gasteiger partial charge in [-0.25, -0.2) is 9.97 Å². The smallest absolute Gasteiger partial charge is 0.214 e. The van der Waals surface area contributed by atoms with Crippen molar-refractivity contribution in [2.45, 2.75) is 53.0 Å². The van der Waals surface area contributed by atoms with Gasteiger partial charge in [-0.05, 0) is 49.1 Å². The lowest BCUT2D eigenvalue weighted by Gasteiger charge is -2.22. The van der Waals surface area contributed by atoms with E-state index in [-0.39, 0.29) is 30.0 Å². The predicted octanol–water partition coefficient (Wildman–Crippen LogP) is 5.23. The molecule has 4 N–H and O–H groups in total. The second-order valence-corrected chi connectivity index (χ2v) is 11.1. The number of aryl methyl sites for hydroxylation is 1. The Hall–Kier alpha value is -3.53. The third-order valence-electron chi connectivity index (χ3n) is 5.98. The van der Waals surface area contributed by atoms with Crippen LogP contribution < -0.4 is 10.5 Å². The molecule has 3 aromatic rings. The number of hydrogen-bond donors (Lipinski definition) is 4. The van der Waals surface area contributed by atoms with Crippen molar-refractivity contribution in [3.8, 4) is 11.5 Å². The van der Waals surface area contributed by atoms with Crippen LogP contribution >= 0.6 is 11.4 Å². The first-order valence-corrected chi connectivity index (χ1v) is 13.2. The van der Waals surface area contributed by atoms with Gasteiger partial charge in [-0.3, -0.25) is 4.79 Å². The summed E-state index contributed by atoms with van der Waals surface area (Å²) in [5.41, 5.74) is 8.84. The summed E-state index contributed by atoms with van der Waals surface area (Å²) in [6.45, 7) is 9.94. The summed E-state index contributed by atoms with van der Waals surface area (Å²) in [6.07, 6.45) is 2.55. The molecule has 2 aromatic carbocycles. The molecule has 0 saturated carbocycles. The van der Waals surface area contributed by atoms with Gasteiger partial charge < -0.3 is 25.6 Å². The highest BCUT2D eigenvalue weighted by molar-refractivity contribution is 8.02. The van der Waals surface area contributed by atoms with Crippen molar-refractivity contribution in [1.29, 1.82) is 0 Å². The molecule has 0 radical (unpaired) electrons. The number of thiol groups is 1. The lowest BCUT2D eigenvalue weighted by Crippen LogP contribution is -2.22. The fraction of sp³-hybridized carbons (Fsp3) is 0.310. The lowest BCUT2D eigenvalue weighted by molar-refractivity contribution is -0.116. The normalized spacial score (nSPS) is 12.9. The lowest BCUT2D eigenvalue weighted by atomic mass is 9.87. The molecule has 1 heterocycles. The molecule has 0 fully saturated rings. The molecule has 0 aliphatic carbocycles. The molecule has 0 aliphatic rings. The van der Waals surface area contributed by atoms with Crippen LogP contribution in [0.15, 0.2) is 65.3 Å². The van der Waals surface area contributed by atoms with E-state index in [1.165, 1.54) is 4.90 Å². The molecular weight excluding hydrogens is 500 g/mol. The van der Waals surface area contributed by atoms with Gasteiger partial charge in [0.05, 0.1) is 12.1 Å². The van der Waals surface area contributed by atoms with Crippen molar-refractivity contribution < 1.29 is 19.7 Å². The van der Waals surface area contributed by atoms with Crippen molar-refractivity contribution in [1.82, 2.24) is 14.9 Å². The van der Waals surface area contributed by atoms with Crippen molar-refractivity contribution >= 4 is 28.6 Å². The van der Waals surface area contributed by atoms with E-state index in [9.17, 15) is 15.0 Å². The van der Waals surface area contributed by atoms with Crippen molar-refractivity contribution in [2.75, 3.05) is 12.3 Å². The molecule has 1 aromatic heterocycles. The summed E-state index contributed by atoms with van der Waals surface area (Å²) in [5, 5.41) is 21.0. The van der Waals surface area contributed by atoms with Gasteiger partial charge in [0, 0.05) is 35.4 Å². The van der Waals surface area contributed by atoms with Crippen LogP contribution in [0.5, 0.6) is 11.5 Å². The third kappa shape index (κ3) is 7.50. The summed E-state index contributed by atoms with van der Waals surface area (Å²) >= 11 is 0.440. The van der Waals surface area contributed by atoms with E-state index in [1.807, 2.05) is 30.3 Å². The van der Waals surface area contributed by atoms with E-state index in [0.717, 1.165) is 5.56 Å². The Morgan fingerprint density at radius 2 is 1.92 bits per heavy atom. The first-order valence-electron chi connectivity index (χ1n) is 12.3. The number of anilines is 1. The average Bonchev–Trinajstić information content (AvgIpc) is 2.87. The number of aliphatic hydroxyl groups excluding tert-OH is 2. The highest BCUT2D eigenvalue weighted by atomic mass is 32.1. The minimum atomic E-state index is -0.146. The van der Waals surface area contributed by atoms with Gasteiger partial charge in [-0.2, -0.15) is 0 Å². The van der Waals surface area contributed by atoms with E-state index in [0.29, 0.717) is 62.6 Å². The first-order chi connectivity index (χ1) is 18.0. The van der Waals surface area contributed by atoms with E-state index in [1.54, 1.807) is 32.2 Å². The monoisotopic (exact) mass is 536 g/mol. The Morgan fingerprint density at radius 3 is 2.58 bits per heavy atom. The number of aromatic nitrogens is 2. The maximum atomic E-state index is 12.0. The second-order valence-electron chi connectivity index (χ2n) is 9.88. The fourth-order valence-corrected chi connectivity index (χ4v) is 4.79. The van der Waals surface area contributed by atoms with Gasteiger partial charge in [0.2, 0.25) is 6.41 Å². The van der Waals surface area contributed by atoms with Crippen LogP contribution in [0.3, 0.4) is 0 Å². The fourth-order valence-electron chi connectivity index (χ4n) is 3.72. The summed E-state index contributed by atoms with van der Waals surface area (Å²) in [4.78, 5) is 22.5. The van der Waals surface area contributed by atoms with E-state index >= 15 is 0 Å². The molecule has 1 amide bonds. The van der Waals surface area contributed by atoms with Crippen LogP contribution in [0.2, 0.25) is 0 Å². The minimum absolute atomic E-state index is 0.0346. The van der Waals surface area contributed by atoms with Gasteiger partial charge in [-0.15, -0.1) is 11.4 Å². The average molecular weight is 537 g/mol. The largest absolute Gasteiger partial charge is 0.457 e. The van der Waals surface area contributed by atoms with Gasteiger partial charge in [0.1, 0.15) is 28.2 Å². The summed E-state index contributed by atoms with van der Waals surface area (Å²) < 4.78 is 6.19. The number of nitrogens with zero attached hydrogens (tertiary/aromatic N) is 3. The zero-order valence-electron chi connectivity index (χ0n) is 22.5. The first kappa shape index (κ1) is 29.0. The minimum Gasteiger partial charge on any atom is -0.457 e. The second kappa shape index (κ2) is 12.8. The SMILES string of the molecule is C/C(=C(CCO)/[SH]=C(\O)c1ccccc1Oc1cccc(C(C)(C)C)c1)N(C=O)Cc1cnc(C)nc1N. The zero-order valence-corrected chi connectivity index (χ0v) is 23.4. The third-order valence-corrected chi connectivity index (χ3v) is 7.25. The standard InChI is InChI=1S/C29H36N4O4S/c1-19(33(18-35)17-21-16-31-20(2)32-27(21)30)26(13-14-34)38-28(36)24-11-6-7-12-25(24)37-23-10-8-9-22(15-23)29(3,4)5/h6-12,15-16,18,34,36,38H,13-14,17H2,1-5H3,(H2,30,31,32)/b26-19-. The molecule has 0 aliphatic heterocycles. The molecule has 8 nitrogen and oxygen atoms in total. The number of aliphatic hydroxyl groups is 2. The Balaban J connectivity index is 1.95. The number of amides is 1. The summed E-state index contributed by atoms with van der Waals surface area (Å²) in [7, 11) is 0. The van der Waals surface area contributed by atoms with Crippen LogP contribution in [-0.2, 0) is 16.8 Å². The molecule has 38 heavy (non-hydrogen) atoms. The van der Waals surface area contributed by atoms with Crippen LogP contribution in [0.1, 0.15) is 56.6 Å². The zero-order chi connectivity index (χ0) is 27.9. The highest BCUT2D eigenvalue weighted by Crippen LogP contribution is 2.32. The Morgan fingerprint density at radius 1 is 1.18 bits per heavy atom. The van der Waals surface area contributed by atoms with E-state index in [2.05, 4.69) is 36.8 Å². The van der Waals surface area contributed by atoms with Crippen LogP contribution in [0.25, 0.3) is 0 Å². The number of allylic oxidation sites excluding steroid dienone is 1. The molecule has 0 unspecified atom stereocenters. The van der Waals surface area contributed by atoms with Gasteiger partial charge in [0.15, 0.2) is 0 Å². The number of para-hydroxylation sites is 1. The Kier molecular flexibility index (Phi) is 9.79. The molecular formula is C29H36N4O4S. The number of nitrogen functional groups attached to an aromatic ring is 1. The maximum absolute atomic E-state index is 12.0. The Labute approximate surface area is 227 Å². The maximum Gasteiger partial charge on any atom is 0.214 e. The van der Waals surface area contributed by atoms with E-state index < -0.39 is 0 Å². The molecule has 202 valence electrons. The Bertz CT molecular complexity index is 1350. The van der Waals surface area contributed by atoms with Crippen molar-refractivity contribution in [3.63, 3.8) is 0 Å². The molecule has 0 bridgehead atoms. The number of ether oxygens (including phenoxy) is 1. The molecule has 3 rings (SSSR count). The van der Waals surface area contributed by atoms with E-state index in [4.69, 9.17) is 10.5 Å². The van der Waals surface area contributed by atoms with Gasteiger partial charge in [-0.1, -0.05) is 45.0 Å². The van der Waals surface area contributed by atoms with Crippen LogP contribution in [0, 0.1) is 6.92 Å². The molecule has 0 atom stereocenters.